The van der Waals surface area contributed by atoms with Crippen molar-refractivity contribution in [3.63, 3.8) is 0 Å². The van der Waals surface area contributed by atoms with Gasteiger partial charge in [0.2, 0.25) is 0 Å². The third kappa shape index (κ3) is 5.51. The lowest BCUT2D eigenvalue weighted by molar-refractivity contribution is -0.147. The van der Waals surface area contributed by atoms with Gasteiger partial charge in [-0.05, 0) is 54.8 Å². The number of aryl methyl sites for hydroxylation is 2. The number of likely N-dealkylation sites (tertiary alicyclic amines) is 1. The highest BCUT2D eigenvalue weighted by molar-refractivity contribution is 5.71. The number of anilines is 2. The summed E-state index contributed by atoms with van der Waals surface area (Å²) in [6.07, 6.45) is 0.174. The van der Waals surface area contributed by atoms with Crippen LogP contribution in [0.3, 0.4) is 0 Å². The minimum Gasteiger partial charge on any atom is -0.485 e. The first-order valence-corrected chi connectivity index (χ1v) is 11.2. The van der Waals surface area contributed by atoms with Gasteiger partial charge in [-0.1, -0.05) is 0 Å². The number of hydrogen-bond acceptors (Lipinski definition) is 6. The number of aliphatic carboxylic acids is 1. The van der Waals surface area contributed by atoms with Gasteiger partial charge in [-0.25, -0.2) is 18.2 Å². The third-order valence-electron chi connectivity index (χ3n) is 6.05. The average molecular weight is 502 g/mol. The molecule has 36 heavy (non-hydrogen) atoms. The van der Waals surface area contributed by atoms with E-state index in [9.17, 15) is 22.8 Å². The zero-order valence-corrected chi connectivity index (χ0v) is 19.7. The molecule has 1 aliphatic rings. The number of carboxylic acid groups (broad SMARTS) is 1. The van der Waals surface area contributed by atoms with Crippen LogP contribution < -0.4 is 15.6 Å². The predicted molar refractivity (Wildman–Crippen MR) is 127 cm³/mol. The Morgan fingerprint density at radius 3 is 2.56 bits per heavy atom. The Balaban J connectivity index is 1.58. The van der Waals surface area contributed by atoms with E-state index in [2.05, 4.69) is 15.2 Å². The van der Waals surface area contributed by atoms with Crippen molar-refractivity contribution in [2.24, 2.45) is 5.92 Å². The highest BCUT2D eigenvalue weighted by atomic mass is 19.3. The van der Waals surface area contributed by atoms with E-state index in [-0.39, 0.29) is 23.2 Å². The number of aromatic nitrogens is 2. The van der Waals surface area contributed by atoms with Crippen LogP contribution in [0.4, 0.5) is 24.7 Å². The Labute approximate surface area is 205 Å². The number of hydrogen-bond donors (Lipinski definition) is 2. The monoisotopic (exact) mass is 502 g/mol. The van der Waals surface area contributed by atoms with E-state index >= 15 is 0 Å². The summed E-state index contributed by atoms with van der Waals surface area (Å²) in [6, 6.07) is 7.06. The standard InChI is InChI=1S/C25H25F3N4O4/c1-14-7-18(8-15(2)19(14)12-31-10-16(11-31)25(34)35)32-6-5-29-23(24(32)33)30-20-4-3-17(26)9-21(20)36-13-22(27)28/h3-9,16,22H,10-13H2,1-2H3,(H,29,30)(H,34,35). The van der Waals surface area contributed by atoms with Crippen molar-refractivity contribution in [2.75, 3.05) is 25.0 Å². The molecular weight excluding hydrogens is 477 g/mol. The van der Waals surface area contributed by atoms with E-state index in [0.29, 0.717) is 25.3 Å². The van der Waals surface area contributed by atoms with Crippen LogP contribution in [0.1, 0.15) is 16.7 Å². The molecule has 11 heteroatoms. The lowest BCUT2D eigenvalue weighted by atomic mass is 9.96. The van der Waals surface area contributed by atoms with E-state index in [0.717, 1.165) is 28.8 Å². The molecule has 1 aliphatic heterocycles. The van der Waals surface area contributed by atoms with Crippen molar-refractivity contribution in [2.45, 2.75) is 26.8 Å². The average Bonchev–Trinajstić information content (AvgIpc) is 2.78. The number of rotatable bonds is 9. The molecule has 0 aliphatic carbocycles. The number of carbonyl (C=O) groups is 1. The highest BCUT2D eigenvalue weighted by Gasteiger charge is 2.32. The molecule has 0 bridgehead atoms. The summed E-state index contributed by atoms with van der Waals surface area (Å²) in [5.41, 5.74) is 3.18. The van der Waals surface area contributed by atoms with E-state index in [4.69, 9.17) is 9.84 Å². The smallest absolute Gasteiger partial charge is 0.309 e. The Hall–Kier alpha value is -3.86. The fourth-order valence-corrected chi connectivity index (χ4v) is 4.14. The number of ether oxygens (including phenoxy) is 1. The van der Waals surface area contributed by atoms with Gasteiger partial charge in [0.05, 0.1) is 11.6 Å². The Morgan fingerprint density at radius 2 is 1.92 bits per heavy atom. The molecule has 3 aromatic rings. The third-order valence-corrected chi connectivity index (χ3v) is 6.05. The summed E-state index contributed by atoms with van der Waals surface area (Å²) in [7, 11) is 0. The van der Waals surface area contributed by atoms with Crippen molar-refractivity contribution >= 4 is 17.5 Å². The summed E-state index contributed by atoms with van der Waals surface area (Å²) in [5, 5.41) is 11.8. The summed E-state index contributed by atoms with van der Waals surface area (Å²) in [6.45, 7) is 4.55. The Bertz CT molecular complexity index is 1320. The molecule has 0 unspecified atom stereocenters. The van der Waals surface area contributed by atoms with Gasteiger partial charge in [-0.2, -0.15) is 0 Å². The minimum absolute atomic E-state index is 0.0920. The fraction of sp³-hybridized carbons (Fsp3) is 0.320. The minimum atomic E-state index is -2.75. The van der Waals surface area contributed by atoms with Crippen molar-refractivity contribution < 1.29 is 27.8 Å². The first-order chi connectivity index (χ1) is 17.1. The fourth-order valence-electron chi connectivity index (χ4n) is 4.14. The molecule has 2 heterocycles. The van der Waals surface area contributed by atoms with Crippen LogP contribution in [0, 0.1) is 25.6 Å². The van der Waals surface area contributed by atoms with Crippen LogP contribution in [-0.2, 0) is 11.3 Å². The Kier molecular flexibility index (Phi) is 7.30. The maximum absolute atomic E-state index is 13.6. The van der Waals surface area contributed by atoms with Crippen molar-refractivity contribution in [3.05, 3.63) is 75.6 Å². The summed E-state index contributed by atoms with van der Waals surface area (Å²) in [4.78, 5) is 30.4. The van der Waals surface area contributed by atoms with E-state index in [1.54, 1.807) is 0 Å². The summed E-state index contributed by atoms with van der Waals surface area (Å²) in [5.74, 6) is -2.06. The molecule has 8 nitrogen and oxygen atoms in total. The molecule has 190 valence electrons. The van der Waals surface area contributed by atoms with Crippen LogP contribution in [-0.4, -0.2) is 51.6 Å². The molecule has 2 aromatic carbocycles. The Morgan fingerprint density at radius 1 is 1.22 bits per heavy atom. The molecule has 0 saturated carbocycles. The molecule has 1 aromatic heterocycles. The topological polar surface area (TPSA) is 96.7 Å². The quantitative estimate of drug-likeness (QED) is 0.458. The summed E-state index contributed by atoms with van der Waals surface area (Å²) < 4.78 is 45.2. The highest BCUT2D eigenvalue weighted by Crippen LogP contribution is 2.28. The summed E-state index contributed by atoms with van der Waals surface area (Å²) >= 11 is 0. The second-order valence-corrected chi connectivity index (χ2v) is 8.71. The van der Waals surface area contributed by atoms with Crippen LogP contribution in [0.2, 0.25) is 0 Å². The number of alkyl halides is 2. The number of nitrogens with one attached hydrogen (secondary N) is 1. The van der Waals surface area contributed by atoms with Crippen LogP contribution in [0.15, 0.2) is 47.5 Å². The first-order valence-electron chi connectivity index (χ1n) is 11.2. The van der Waals surface area contributed by atoms with Crippen molar-refractivity contribution in [1.29, 1.82) is 0 Å². The van der Waals surface area contributed by atoms with Crippen molar-refractivity contribution in [1.82, 2.24) is 14.5 Å². The molecule has 1 fully saturated rings. The lowest BCUT2D eigenvalue weighted by Gasteiger charge is -2.37. The molecule has 4 rings (SSSR count). The first kappa shape index (κ1) is 25.2. The van der Waals surface area contributed by atoms with E-state index in [1.165, 1.54) is 23.0 Å². The van der Waals surface area contributed by atoms with Gasteiger partial charge in [-0.3, -0.25) is 19.1 Å². The van der Waals surface area contributed by atoms with Crippen LogP contribution in [0.25, 0.3) is 5.69 Å². The SMILES string of the molecule is Cc1cc(-n2ccnc(Nc3ccc(F)cc3OCC(F)F)c2=O)cc(C)c1CN1CC(C(=O)O)C1. The van der Waals surface area contributed by atoms with Gasteiger partial charge < -0.3 is 15.2 Å². The van der Waals surface area contributed by atoms with E-state index < -0.39 is 30.4 Å². The zero-order chi connectivity index (χ0) is 26.0. The number of benzene rings is 2. The largest absolute Gasteiger partial charge is 0.485 e. The molecule has 0 spiro atoms. The molecule has 0 amide bonds. The zero-order valence-electron chi connectivity index (χ0n) is 19.7. The van der Waals surface area contributed by atoms with Crippen molar-refractivity contribution in [3.8, 4) is 11.4 Å². The molecule has 0 radical (unpaired) electrons. The maximum atomic E-state index is 13.6. The second kappa shape index (κ2) is 10.4. The van der Waals surface area contributed by atoms with E-state index in [1.807, 2.05) is 26.0 Å². The number of carboxylic acids is 1. The number of nitrogens with zero attached hydrogens (tertiary/aromatic N) is 3. The molecular formula is C25H25F3N4O4. The van der Waals surface area contributed by atoms with Gasteiger partial charge in [0.1, 0.15) is 18.2 Å². The molecule has 1 saturated heterocycles. The van der Waals surface area contributed by atoms with Gasteiger partial charge in [0, 0.05) is 43.8 Å². The van der Waals surface area contributed by atoms with Gasteiger partial charge in [0.25, 0.3) is 12.0 Å². The maximum Gasteiger partial charge on any atom is 0.309 e. The predicted octanol–water partition coefficient (Wildman–Crippen LogP) is 3.89. The van der Waals surface area contributed by atoms with Crippen LogP contribution in [0.5, 0.6) is 5.75 Å². The normalized spacial score (nSPS) is 14.1. The molecule has 2 N–H and O–H groups in total. The molecule has 0 atom stereocenters. The second-order valence-electron chi connectivity index (χ2n) is 8.71. The van der Waals surface area contributed by atoms with Gasteiger partial charge in [-0.15, -0.1) is 0 Å². The lowest BCUT2D eigenvalue weighted by Crippen LogP contribution is -2.49. The van der Waals surface area contributed by atoms with Crippen LogP contribution >= 0.6 is 0 Å². The van der Waals surface area contributed by atoms with Gasteiger partial charge >= 0.3 is 5.97 Å². The number of halogens is 3. The van der Waals surface area contributed by atoms with Gasteiger partial charge in [0.15, 0.2) is 5.82 Å².